The SMILES string of the molecule is CCOC(=O)CCc1ccc(O)c(OCCCOC)c1. The van der Waals surface area contributed by atoms with Crippen LogP contribution in [0.15, 0.2) is 18.2 Å². The second-order valence-corrected chi connectivity index (χ2v) is 4.30. The zero-order chi connectivity index (χ0) is 14.8. The molecule has 1 aromatic carbocycles. The Morgan fingerprint density at radius 3 is 2.80 bits per heavy atom. The number of aromatic hydroxyl groups is 1. The van der Waals surface area contributed by atoms with Crippen molar-refractivity contribution in [1.82, 2.24) is 0 Å². The van der Waals surface area contributed by atoms with Gasteiger partial charge in [0.15, 0.2) is 11.5 Å². The molecular weight excluding hydrogens is 260 g/mol. The van der Waals surface area contributed by atoms with E-state index in [2.05, 4.69) is 0 Å². The maximum Gasteiger partial charge on any atom is 0.306 e. The first-order valence-electron chi connectivity index (χ1n) is 6.76. The summed E-state index contributed by atoms with van der Waals surface area (Å²) in [5.41, 5.74) is 0.928. The summed E-state index contributed by atoms with van der Waals surface area (Å²) in [5.74, 6) is 0.313. The molecule has 0 bridgehead atoms. The summed E-state index contributed by atoms with van der Waals surface area (Å²) >= 11 is 0. The molecule has 112 valence electrons. The molecule has 5 heteroatoms. The highest BCUT2D eigenvalue weighted by Crippen LogP contribution is 2.27. The van der Waals surface area contributed by atoms with Crippen molar-refractivity contribution in [3.8, 4) is 11.5 Å². The van der Waals surface area contributed by atoms with Crippen LogP contribution in [-0.2, 0) is 20.7 Å². The highest BCUT2D eigenvalue weighted by molar-refractivity contribution is 5.69. The van der Waals surface area contributed by atoms with Crippen molar-refractivity contribution in [3.05, 3.63) is 23.8 Å². The van der Waals surface area contributed by atoms with Crippen molar-refractivity contribution in [2.24, 2.45) is 0 Å². The fourth-order valence-corrected chi connectivity index (χ4v) is 1.69. The molecule has 0 aliphatic rings. The van der Waals surface area contributed by atoms with Gasteiger partial charge in [0.2, 0.25) is 0 Å². The lowest BCUT2D eigenvalue weighted by molar-refractivity contribution is -0.143. The number of phenols is 1. The quantitative estimate of drug-likeness (QED) is 0.556. The molecule has 20 heavy (non-hydrogen) atoms. The summed E-state index contributed by atoms with van der Waals surface area (Å²) in [7, 11) is 1.63. The minimum absolute atomic E-state index is 0.0994. The van der Waals surface area contributed by atoms with E-state index in [9.17, 15) is 9.90 Å². The van der Waals surface area contributed by atoms with Gasteiger partial charge >= 0.3 is 5.97 Å². The third-order valence-corrected chi connectivity index (χ3v) is 2.70. The maximum absolute atomic E-state index is 11.3. The number of hydrogen-bond donors (Lipinski definition) is 1. The van der Waals surface area contributed by atoms with Gasteiger partial charge in [-0.3, -0.25) is 4.79 Å². The van der Waals surface area contributed by atoms with Gasteiger partial charge in [-0.25, -0.2) is 0 Å². The molecule has 1 aromatic rings. The van der Waals surface area contributed by atoms with Crippen molar-refractivity contribution in [2.45, 2.75) is 26.2 Å². The third-order valence-electron chi connectivity index (χ3n) is 2.70. The molecule has 0 unspecified atom stereocenters. The Morgan fingerprint density at radius 2 is 2.10 bits per heavy atom. The second kappa shape index (κ2) is 9.20. The molecule has 0 amide bonds. The van der Waals surface area contributed by atoms with Crippen LogP contribution in [0.1, 0.15) is 25.3 Å². The molecule has 0 fully saturated rings. The number of methoxy groups -OCH3 is 1. The van der Waals surface area contributed by atoms with E-state index in [1.807, 2.05) is 0 Å². The Kier molecular flexibility index (Phi) is 7.50. The van der Waals surface area contributed by atoms with Gasteiger partial charge in [0.25, 0.3) is 0 Å². The van der Waals surface area contributed by atoms with Crippen LogP contribution in [0.5, 0.6) is 11.5 Å². The van der Waals surface area contributed by atoms with Crippen LogP contribution in [0.25, 0.3) is 0 Å². The van der Waals surface area contributed by atoms with Crippen LogP contribution in [0.4, 0.5) is 0 Å². The van der Waals surface area contributed by atoms with E-state index >= 15 is 0 Å². The molecule has 5 nitrogen and oxygen atoms in total. The predicted octanol–water partition coefficient (Wildman–Crippen LogP) is 2.30. The number of phenolic OH excluding ortho intramolecular Hbond substituents is 1. The van der Waals surface area contributed by atoms with E-state index in [1.54, 1.807) is 32.2 Å². The summed E-state index contributed by atoms with van der Waals surface area (Å²) < 4.78 is 15.3. The number of carbonyl (C=O) groups excluding carboxylic acids is 1. The number of rotatable bonds is 9. The first kappa shape index (κ1) is 16.3. The molecule has 0 heterocycles. The van der Waals surface area contributed by atoms with Crippen LogP contribution in [-0.4, -0.2) is 38.0 Å². The molecule has 0 saturated carbocycles. The van der Waals surface area contributed by atoms with Gasteiger partial charge in [-0.05, 0) is 31.0 Å². The lowest BCUT2D eigenvalue weighted by atomic mass is 10.1. The van der Waals surface area contributed by atoms with Crippen molar-refractivity contribution in [2.75, 3.05) is 26.9 Å². The third kappa shape index (κ3) is 5.93. The van der Waals surface area contributed by atoms with E-state index < -0.39 is 0 Å². The zero-order valence-corrected chi connectivity index (χ0v) is 12.1. The largest absolute Gasteiger partial charge is 0.504 e. The molecule has 0 aliphatic carbocycles. The predicted molar refractivity (Wildman–Crippen MR) is 75.0 cm³/mol. The number of hydrogen-bond acceptors (Lipinski definition) is 5. The first-order valence-corrected chi connectivity index (χ1v) is 6.76. The summed E-state index contributed by atoms with van der Waals surface area (Å²) in [4.78, 5) is 11.3. The van der Waals surface area contributed by atoms with Crippen LogP contribution in [0.3, 0.4) is 0 Å². The molecule has 0 atom stereocenters. The van der Waals surface area contributed by atoms with Crippen LogP contribution >= 0.6 is 0 Å². The molecule has 0 radical (unpaired) electrons. The maximum atomic E-state index is 11.3. The molecular formula is C15H22O5. The van der Waals surface area contributed by atoms with Gasteiger partial charge in [0.1, 0.15) is 0 Å². The molecule has 0 saturated heterocycles. The van der Waals surface area contributed by atoms with Crippen molar-refractivity contribution < 1.29 is 24.1 Å². The monoisotopic (exact) mass is 282 g/mol. The van der Waals surface area contributed by atoms with Gasteiger partial charge < -0.3 is 19.3 Å². The van der Waals surface area contributed by atoms with Crippen molar-refractivity contribution in [3.63, 3.8) is 0 Å². The van der Waals surface area contributed by atoms with Crippen LogP contribution in [0.2, 0.25) is 0 Å². The Hall–Kier alpha value is -1.75. The first-order chi connectivity index (χ1) is 9.67. The average molecular weight is 282 g/mol. The summed E-state index contributed by atoms with van der Waals surface area (Å²) in [6.07, 6.45) is 1.64. The highest BCUT2D eigenvalue weighted by atomic mass is 16.5. The highest BCUT2D eigenvalue weighted by Gasteiger charge is 2.07. The van der Waals surface area contributed by atoms with E-state index in [0.29, 0.717) is 38.4 Å². The number of ether oxygens (including phenoxy) is 3. The number of carbonyl (C=O) groups is 1. The average Bonchev–Trinajstić information content (AvgIpc) is 2.44. The topological polar surface area (TPSA) is 65.0 Å². The zero-order valence-electron chi connectivity index (χ0n) is 12.1. The second-order valence-electron chi connectivity index (χ2n) is 4.30. The standard InChI is InChI=1S/C15H22O5/c1-3-19-15(17)8-6-12-5-7-13(16)14(11-12)20-10-4-9-18-2/h5,7,11,16H,3-4,6,8-10H2,1-2H3. The lowest BCUT2D eigenvalue weighted by Crippen LogP contribution is -2.05. The molecule has 0 aromatic heterocycles. The number of benzene rings is 1. The van der Waals surface area contributed by atoms with Gasteiger partial charge in [-0.1, -0.05) is 6.07 Å². The van der Waals surface area contributed by atoms with Crippen molar-refractivity contribution >= 4 is 5.97 Å². The van der Waals surface area contributed by atoms with Crippen molar-refractivity contribution in [1.29, 1.82) is 0 Å². The number of esters is 1. The Morgan fingerprint density at radius 1 is 1.30 bits per heavy atom. The number of aryl methyl sites for hydroxylation is 1. The molecule has 0 aliphatic heterocycles. The van der Waals surface area contributed by atoms with Gasteiger partial charge in [0.05, 0.1) is 13.2 Å². The molecule has 0 spiro atoms. The lowest BCUT2D eigenvalue weighted by Gasteiger charge is -2.10. The van der Waals surface area contributed by atoms with Gasteiger partial charge in [0, 0.05) is 26.6 Å². The Labute approximate surface area is 119 Å². The minimum Gasteiger partial charge on any atom is -0.504 e. The van der Waals surface area contributed by atoms with Crippen LogP contribution in [0, 0.1) is 0 Å². The van der Waals surface area contributed by atoms with E-state index in [0.717, 1.165) is 12.0 Å². The normalized spacial score (nSPS) is 10.3. The fraction of sp³-hybridized carbons (Fsp3) is 0.533. The van der Waals surface area contributed by atoms with Gasteiger partial charge in [-0.2, -0.15) is 0 Å². The summed E-state index contributed by atoms with van der Waals surface area (Å²) in [5, 5.41) is 9.71. The van der Waals surface area contributed by atoms with E-state index in [-0.39, 0.29) is 11.7 Å². The summed E-state index contributed by atoms with van der Waals surface area (Å²) in [6, 6.07) is 5.10. The van der Waals surface area contributed by atoms with Crippen LogP contribution < -0.4 is 4.74 Å². The summed E-state index contributed by atoms with van der Waals surface area (Å²) in [6.45, 7) is 3.26. The minimum atomic E-state index is -0.219. The van der Waals surface area contributed by atoms with E-state index in [1.165, 1.54) is 0 Å². The van der Waals surface area contributed by atoms with E-state index in [4.69, 9.17) is 14.2 Å². The smallest absolute Gasteiger partial charge is 0.306 e. The molecule has 1 rings (SSSR count). The molecule has 1 N–H and O–H groups in total. The Bertz CT molecular complexity index is 417. The fourth-order valence-electron chi connectivity index (χ4n) is 1.69. The van der Waals surface area contributed by atoms with Gasteiger partial charge in [-0.15, -0.1) is 0 Å². The Balaban J connectivity index is 2.50.